The third-order valence-corrected chi connectivity index (χ3v) is 2.82. The number of nitrogens with one attached hydrogen (secondary N) is 1. The lowest BCUT2D eigenvalue weighted by Crippen LogP contribution is -2.03. The fourth-order valence-electron chi connectivity index (χ4n) is 1.59. The summed E-state index contributed by atoms with van der Waals surface area (Å²) >= 11 is 0. The molecule has 0 saturated carbocycles. The summed E-state index contributed by atoms with van der Waals surface area (Å²) in [6, 6.07) is 9.62. The minimum Gasteiger partial charge on any atom is -0.398 e. The zero-order chi connectivity index (χ0) is 13.0. The van der Waals surface area contributed by atoms with Crippen LogP contribution in [0, 0.1) is 6.92 Å². The molecule has 0 fully saturated rings. The first kappa shape index (κ1) is 12.4. The summed E-state index contributed by atoms with van der Waals surface area (Å²) in [6.07, 6.45) is 1.76. The number of nitrogens with two attached hydrogens (primary N) is 1. The van der Waals surface area contributed by atoms with Gasteiger partial charge in [0, 0.05) is 24.5 Å². The zero-order valence-electron chi connectivity index (χ0n) is 10.4. The van der Waals surface area contributed by atoms with Crippen molar-refractivity contribution in [2.45, 2.75) is 20.1 Å². The summed E-state index contributed by atoms with van der Waals surface area (Å²) in [5.74, 6) is 0.768. The van der Waals surface area contributed by atoms with Crippen molar-refractivity contribution < 1.29 is 5.11 Å². The van der Waals surface area contributed by atoms with E-state index in [1.807, 2.05) is 37.3 Å². The minimum atomic E-state index is 0.0732. The molecule has 0 amide bonds. The van der Waals surface area contributed by atoms with E-state index >= 15 is 0 Å². The van der Waals surface area contributed by atoms with E-state index in [1.165, 1.54) is 0 Å². The molecule has 1 aromatic heterocycles. The number of hydrogen-bond acceptors (Lipinski definition) is 4. The lowest BCUT2D eigenvalue weighted by Gasteiger charge is -2.08. The van der Waals surface area contributed by atoms with E-state index < -0.39 is 0 Å². The number of pyridine rings is 1. The van der Waals surface area contributed by atoms with Crippen LogP contribution in [0.25, 0.3) is 0 Å². The Morgan fingerprint density at radius 3 is 2.50 bits per heavy atom. The predicted molar refractivity (Wildman–Crippen MR) is 73.1 cm³/mol. The molecule has 1 aromatic carbocycles. The molecule has 1 heterocycles. The molecular formula is C14H17N3O. The fraction of sp³-hybridized carbons (Fsp3) is 0.214. The van der Waals surface area contributed by atoms with Gasteiger partial charge in [-0.15, -0.1) is 0 Å². The molecule has 2 aromatic rings. The number of aliphatic hydroxyl groups is 1. The van der Waals surface area contributed by atoms with E-state index in [0.29, 0.717) is 6.54 Å². The van der Waals surface area contributed by atoms with Crippen LogP contribution in [0.2, 0.25) is 0 Å². The predicted octanol–water partition coefficient (Wildman–Crippen LogP) is 2.08. The molecule has 0 atom stereocenters. The average Bonchev–Trinajstić information content (AvgIpc) is 2.41. The molecule has 18 heavy (non-hydrogen) atoms. The summed E-state index contributed by atoms with van der Waals surface area (Å²) in [5, 5.41) is 12.2. The van der Waals surface area contributed by atoms with Crippen LogP contribution in [0.4, 0.5) is 11.5 Å². The molecule has 4 N–H and O–H groups in total. The molecule has 2 rings (SSSR count). The lowest BCUT2D eigenvalue weighted by atomic mass is 10.1. The highest BCUT2D eigenvalue weighted by Crippen LogP contribution is 2.14. The fourth-order valence-corrected chi connectivity index (χ4v) is 1.59. The van der Waals surface area contributed by atoms with Crippen LogP contribution in [-0.4, -0.2) is 10.1 Å². The van der Waals surface area contributed by atoms with Crippen LogP contribution < -0.4 is 11.1 Å². The van der Waals surface area contributed by atoms with Gasteiger partial charge in [-0.3, -0.25) is 0 Å². The van der Waals surface area contributed by atoms with Gasteiger partial charge in [-0.1, -0.05) is 24.3 Å². The summed E-state index contributed by atoms with van der Waals surface area (Å²) in [7, 11) is 0. The number of nitrogen functional groups attached to an aromatic ring is 1. The topological polar surface area (TPSA) is 71.2 Å². The van der Waals surface area contributed by atoms with Gasteiger partial charge in [0.2, 0.25) is 0 Å². The molecule has 0 radical (unpaired) electrons. The van der Waals surface area contributed by atoms with Crippen LogP contribution in [0.15, 0.2) is 36.5 Å². The number of aromatic nitrogens is 1. The van der Waals surface area contributed by atoms with Crippen LogP contribution in [-0.2, 0) is 13.2 Å². The number of rotatable bonds is 4. The normalized spacial score (nSPS) is 10.3. The van der Waals surface area contributed by atoms with E-state index in [4.69, 9.17) is 10.8 Å². The van der Waals surface area contributed by atoms with Crippen molar-refractivity contribution >= 4 is 11.5 Å². The van der Waals surface area contributed by atoms with E-state index in [9.17, 15) is 0 Å². The summed E-state index contributed by atoms with van der Waals surface area (Å²) in [6.45, 7) is 2.69. The van der Waals surface area contributed by atoms with Crippen LogP contribution >= 0.6 is 0 Å². The molecule has 0 spiro atoms. The maximum atomic E-state index is 8.95. The van der Waals surface area contributed by atoms with Gasteiger partial charge in [0.1, 0.15) is 5.82 Å². The van der Waals surface area contributed by atoms with Gasteiger partial charge in [-0.25, -0.2) is 4.98 Å². The van der Waals surface area contributed by atoms with E-state index in [0.717, 1.165) is 28.2 Å². The number of aliphatic hydroxyl groups excluding tert-OH is 1. The Bertz CT molecular complexity index is 523. The van der Waals surface area contributed by atoms with Gasteiger partial charge in [-0.05, 0) is 23.6 Å². The van der Waals surface area contributed by atoms with Crippen molar-refractivity contribution in [2.24, 2.45) is 0 Å². The maximum absolute atomic E-state index is 8.95. The monoisotopic (exact) mass is 243 g/mol. The first-order valence-electron chi connectivity index (χ1n) is 5.83. The first-order valence-corrected chi connectivity index (χ1v) is 5.83. The highest BCUT2D eigenvalue weighted by Gasteiger charge is 1.99. The quantitative estimate of drug-likeness (QED) is 0.768. The molecule has 0 aliphatic carbocycles. The highest BCUT2D eigenvalue weighted by molar-refractivity contribution is 5.53. The van der Waals surface area contributed by atoms with Gasteiger partial charge in [0.05, 0.1) is 6.61 Å². The van der Waals surface area contributed by atoms with Gasteiger partial charge < -0.3 is 16.2 Å². The molecule has 4 nitrogen and oxygen atoms in total. The highest BCUT2D eigenvalue weighted by atomic mass is 16.3. The van der Waals surface area contributed by atoms with Crippen LogP contribution in [0.1, 0.15) is 16.7 Å². The average molecular weight is 243 g/mol. The Morgan fingerprint density at radius 1 is 1.22 bits per heavy atom. The van der Waals surface area contributed by atoms with Crippen molar-refractivity contribution in [3.63, 3.8) is 0 Å². The Balaban J connectivity index is 1.99. The molecule has 0 aliphatic rings. The second-order valence-corrected chi connectivity index (χ2v) is 4.25. The van der Waals surface area contributed by atoms with Crippen molar-refractivity contribution in [1.82, 2.24) is 4.98 Å². The molecular weight excluding hydrogens is 226 g/mol. The Labute approximate surface area is 106 Å². The Kier molecular flexibility index (Phi) is 3.79. The summed E-state index contributed by atoms with van der Waals surface area (Å²) in [5.41, 5.74) is 9.58. The second-order valence-electron chi connectivity index (χ2n) is 4.25. The molecule has 94 valence electrons. The Hall–Kier alpha value is -2.07. The molecule has 0 bridgehead atoms. The number of nitrogens with zero attached hydrogens (tertiary/aromatic N) is 1. The Morgan fingerprint density at radius 2 is 1.89 bits per heavy atom. The van der Waals surface area contributed by atoms with Crippen LogP contribution in [0.3, 0.4) is 0 Å². The SMILES string of the molecule is Cc1cnc(NCc2ccc(CO)cc2)cc1N. The standard InChI is InChI=1S/C14H17N3O/c1-10-7-16-14(6-13(10)15)17-8-11-2-4-12(9-18)5-3-11/h2-7,18H,8-9H2,1H3,(H3,15,16,17). The largest absolute Gasteiger partial charge is 0.398 e. The van der Waals surface area contributed by atoms with Crippen molar-refractivity contribution in [2.75, 3.05) is 11.1 Å². The summed E-state index contributed by atoms with van der Waals surface area (Å²) in [4.78, 5) is 4.26. The number of anilines is 2. The third kappa shape index (κ3) is 2.99. The number of benzene rings is 1. The zero-order valence-corrected chi connectivity index (χ0v) is 10.4. The summed E-state index contributed by atoms with van der Waals surface area (Å²) < 4.78 is 0. The maximum Gasteiger partial charge on any atom is 0.128 e. The van der Waals surface area contributed by atoms with Crippen LogP contribution in [0.5, 0.6) is 0 Å². The van der Waals surface area contributed by atoms with Gasteiger partial charge >= 0.3 is 0 Å². The molecule has 0 unspecified atom stereocenters. The first-order chi connectivity index (χ1) is 8.69. The third-order valence-electron chi connectivity index (χ3n) is 2.82. The van der Waals surface area contributed by atoms with E-state index in [1.54, 1.807) is 6.20 Å². The lowest BCUT2D eigenvalue weighted by molar-refractivity contribution is 0.282. The van der Waals surface area contributed by atoms with E-state index in [-0.39, 0.29) is 6.61 Å². The van der Waals surface area contributed by atoms with Crippen molar-refractivity contribution in [3.05, 3.63) is 53.2 Å². The molecule has 0 saturated heterocycles. The minimum absolute atomic E-state index is 0.0732. The van der Waals surface area contributed by atoms with Crippen molar-refractivity contribution in [1.29, 1.82) is 0 Å². The van der Waals surface area contributed by atoms with Gasteiger partial charge in [0.25, 0.3) is 0 Å². The molecule has 4 heteroatoms. The van der Waals surface area contributed by atoms with Gasteiger partial charge in [-0.2, -0.15) is 0 Å². The molecule has 0 aliphatic heterocycles. The van der Waals surface area contributed by atoms with Crippen molar-refractivity contribution in [3.8, 4) is 0 Å². The number of hydrogen-bond donors (Lipinski definition) is 3. The number of aryl methyl sites for hydroxylation is 1. The van der Waals surface area contributed by atoms with Gasteiger partial charge in [0.15, 0.2) is 0 Å². The second kappa shape index (κ2) is 5.51. The van der Waals surface area contributed by atoms with E-state index in [2.05, 4.69) is 10.3 Å². The smallest absolute Gasteiger partial charge is 0.128 e.